The number of nitrogens with one attached hydrogen (secondary N) is 2. The second-order valence-corrected chi connectivity index (χ2v) is 11.7. The minimum Gasteiger partial charge on any atom is -0.468 e. The zero-order valence-corrected chi connectivity index (χ0v) is 25.0. The van der Waals surface area contributed by atoms with E-state index < -0.39 is 47.1 Å². The van der Waals surface area contributed by atoms with Gasteiger partial charge in [-0.2, -0.15) is 0 Å². The van der Waals surface area contributed by atoms with Gasteiger partial charge in [-0.05, 0) is 83.9 Å². The minimum atomic E-state index is -1.06. The summed E-state index contributed by atoms with van der Waals surface area (Å²) in [4.78, 5) is 54.3. The lowest BCUT2D eigenvalue weighted by Crippen LogP contribution is -2.59. The third kappa shape index (κ3) is 9.33. The van der Waals surface area contributed by atoms with E-state index in [2.05, 4.69) is 10.6 Å². The summed E-state index contributed by atoms with van der Waals surface area (Å²) in [5, 5.41) is 5.40. The summed E-state index contributed by atoms with van der Waals surface area (Å²) >= 11 is 0. The minimum absolute atomic E-state index is 0.0674. The molecule has 3 amide bonds. The van der Waals surface area contributed by atoms with Crippen LogP contribution in [0.2, 0.25) is 0 Å². The van der Waals surface area contributed by atoms with Crippen LogP contribution in [0.25, 0.3) is 0 Å². The lowest BCUT2D eigenvalue weighted by Gasteiger charge is -2.45. The smallest absolute Gasteiger partial charge is 0.408 e. The summed E-state index contributed by atoms with van der Waals surface area (Å²) in [5.41, 5.74) is 0.928. The quantitative estimate of drug-likeness (QED) is 0.402. The number of benzene rings is 1. The molecule has 9 nitrogen and oxygen atoms in total. The van der Waals surface area contributed by atoms with Gasteiger partial charge in [-0.1, -0.05) is 39.0 Å². The van der Waals surface area contributed by atoms with E-state index in [-0.39, 0.29) is 12.5 Å². The summed E-state index contributed by atoms with van der Waals surface area (Å²) in [7, 11) is 1.24. The maximum atomic E-state index is 14.4. The van der Waals surface area contributed by atoms with Crippen molar-refractivity contribution in [2.45, 2.75) is 105 Å². The molecule has 0 aliphatic rings. The third-order valence-electron chi connectivity index (χ3n) is 6.53. The monoisotopic (exact) mass is 533 g/mol. The Hall–Kier alpha value is -3.10. The summed E-state index contributed by atoms with van der Waals surface area (Å²) in [6.45, 7) is 18.4. The zero-order valence-electron chi connectivity index (χ0n) is 25.0. The Balaban J connectivity index is 3.72. The third-order valence-corrected chi connectivity index (χ3v) is 6.53. The van der Waals surface area contributed by atoms with E-state index in [1.54, 1.807) is 25.7 Å². The van der Waals surface area contributed by atoms with E-state index in [1.165, 1.54) is 7.11 Å². The molecular formula is C29H47N3O6. The number of carbonyl (C=O) groups is 4. The summed E-state index contributed by atoms with van der Waals surface area (Å²) < 4.78 is 10.1. The predicted octanol–water partition coefficient (Wildman–Crippen LogP) is 4.59. The van der Waals surface area contributed by atoms with E-state index in [9.17, 15) is 19.2 Å². The molecule has 0 saturated heterocycles. The number of aryl methyl sites for hydroxylation is 1. The molecule has 0 bridgehead atoms. The number of esters is 1. The van der Waals surface area contributed by atoms with Gasteiger partial charge in [-0.3, -0.25) is 14.4 Å². The maximum Gasteiger partial charge on any atom is 0.408 e. The van der Waals surface area contributed by atoms with Gasteiger partial charge >= 0.3 is 12.1 Å². The lowest BCUT2D eigenvalue weighted by molar-refractivity contribution is -0.150. The molecular weight excluding hydrogens is 486 g/mol. The molecule has 1 aromatic rings. The number of methoxy groups -OCH3 is 1. The first-order valence-corrected chi connectivity index (χ1v) is 13.2. The van der Waals surface area contributed by atoms with Crippen LogP contribution >= 0.6 is 0 Å². The highest BCUT2D eigenvalue weighted by Gasteiger charge is 2.43. The van der Waals surface area contributed by atoms with Gasteiger partial charge in [0.2, 0.25) is 11.8 Å². The Morgan fingerprint density at radius 2 is 1.63 bits per heavy atom. The Bertz CT molecular complexity index is 997. The molecule has 0 radical (unpaired) electrons. The summed E-state index contributed by atoms with van der Waals surface area (Å²) in [6.07, 6.45) is 0.173. The zero-order chi connectivity index (χ0) is 29.4. The van der Waals surface area contributed by atoms with Crippen LogP contribution in [0.4, 0.5) is 4.79 Å². The Morgan fingerprint density at radius 1 is 1.03 bits per heavy atom. The van der Waals surface area contributed by atoms with Gasteiger partial charge in [0.05, 0.1) is 7.11 Å². The molecule has 0 fully saturated rings. The molecule has 0 aliphatic carbocycles. The largest absolute Gasteiger partial charge is 0.468 e. The molecule has 1 aromatic carbocycles. The van der Waals surface area contributed by atoms with Crippen LogP contribution in [0.1, 0.15) is 91.0 Å². The second kappa shape index (κ2) is 13.6. The SMILES string of the molecule is CCC(C)(C)N(C(=O)C(CC(C)C)NC(=O)OC(C)(C)C)C(C(=O)NCC(=O)OC)c1cccc(C)c1C. The number of ether oxygens (including phenoxy) is 2. The predicted molar refractivity (Wildman–Crippen MR) is 148 cm³/mol. The molecule has 0 aromatic heterocycles. The highest BCUT2D eigenvalue weighted by Crippen LogP contribution is 2.34. The molecule has 9 heteroatoms. The number of hydrogen-bond donors (Lipinski definition) is 2. The van der Waals surface area contributed by atoms with Crippen molar-refractivity contribution in [3.8, 4) is 0 Å². The number of hydrogen-bond acceptors (Lipinski definition) is 6. The fraction of sp³-hybridized carbons (Fsp3) is 0.655. The molecule has 2 unspecified atom stereocenters. The van der Waals surface area contributed by atoms with Gasteiger partial charge in [-0.15, -0.1) is 0 Å². The van der Waals surface area contributed by atoms with Crippen molar-refractivity contribution in [2.24, 2.45) is 5.92 Å². The molecule has 0 heterocycles. The van der Waals surface area contributed by atoms with Gasteiger partial charge < -0.3 is 25.0 Å². The van der Waals surface area contributed by atoms with Crippen LogP contribution in [-0.2, 0) is 23.9 Å². The van der Waals surface area contributed by atoms with E-state index in [4.69, 9.17) is 9.47 Å². The van der Waals surface area contributed by atoms with Crippen molar-refractivity contribution >= 4 is 23.9 Å². The fourth-order valence-corrected chi connectivity index (χ4v) is 4.05. The number of carbonyl (C=O) groups excluding carboxylic acids is 4. The highest BCUT2D eigenvalue weighted by molar-refractivity contribution is 5.94. The normalized spacial score (nSPS) is 13.4. The molecule has 1 rings (SSSR count). The first kappa shape index (κ1) is 32.9. The van der Waals surface area contributed by atoms with Gasteiger partial charge in [0.25, 0.3) is 0 Å². The van der Waals surface area contributed by atoms with Gasteiger partial charge in [0.15, 0.2) is 0 Å². The topological polar surface area (TPSA) is 114 Å². The van der Waals surface area contributed by atoms with Crippen molar-refractivity contribution in [1.82, 2.24) is 15.5 Å². The number of alkyl carbamates (subject to hydrolysis) is 1. The Morgan fingerprint density at radius 3 is 2.13 bits per heavy atom. The molecule has 2 atom stereocenters. The standard InChI is InChI=1S/C29H47N3O6/c1-12-29(9,10)32(26(35)22(16-18(2)3)31-27(36)38-28(6,7)8)24(25(34)30-17-23(33)37-11)21-15-13-14-19(4)20(21)5/h13-15,18,22,24H,12,16-17H2,1-11H3,(H,30,34)(H,31,36). The van der Waals surface area contributed by atoms with Crippen molar-refractivity contribution in [3.05, 3.63) is 34.9 Å². The molecule has 214 valence electrons. The Kier molecular flexibility index (Phi) is 11.8. The fourth-order valence-electron chi connectivity index (χ4n) is 4.05. The van der Waals surface area contributed by atoms with Crippen molar-refractivity contribution < 1.29 is 28.7 Å². The maximum absolute atomic E-state index is 14.4. The number of nitrogens with zero attached hydrogens (tertiary/aromatic N) is 1. The van der Waals surface area contributed by atoms with Crippen LogP contribution in [0.5, 0.6) is 0 Å². The highest BCUT2D eigenvalue weighted by atomic mass is 16.6. The number of rotatable bonds is 11. The average Bonchev–Trinajstić information content (AvgIpc) is 2.80. The van der Waals surface area contributed by atoms with E-state index in [0.717, 1.165) is 11.1 Å². The van der Waals surface area contributed by atoms with Crippen molar-refractivity contribution in [1.29, 1.82) is 0 Å². The van der Waals surface area contributed by atoms with Gasteiger partial charge in [-0.25, -0.2) is 4.79 Å². The second-order valence-electron chi connectivity index (χ2n) is 11.7. The van der Waals surface area contributed by atoms with Gasteiger partial charge in [0, 0.05) is 5.54 Å². The summed E-state index contributed by atoms with van der Waals surface area (Å²) in [6, 6.07) is 3.60. The van der Waals surface area contributed by atoms with E-state index in [0.29, 0.717) is 18.4 Å². The van der Waals surface area contributed by atoms with Crippen molar-refractivity contribution in [3.63, 3.8) is 0 Å². The van der Waals surface area contributed by atoms with Crippen LogP contribution in [-0.4, -0.2) is 59.6 Å². The van der Waals surface area contributed by atoms with Crippen molar-refractivity contribution in [2.75, 3.05) is 13.7 Å². The molecule has 0 spiro atoms. The average molecular weight is 534 g/mol. The molecule has 0 saturated carbocycles. The molecule has 38 heavy (non-hydrogen) atoms. The van der Waals surface area contributed by atoms with Crippen LogP contribution in [0.15, 0.2) is 18.2 Å². The Labute approximate surface area is 228 Å². The lowest BCUT2D eigenvalue weighted by atomic mass is 9.88. The first-order chi connectivity index (χ1) is 17.4. The van der Waals surface area contributed by atoms with Crippen LogP contribution in [0.3, 0.4) is 0 Å². The van der Waals surface area contributed by atoms with E-state index >= 15 is 0 Å². The summed E-state index contributed by atoms with van der Waals surface area (Å²) in [5.74, 6) is -1.46. The first-order valence-electron chi connectivity index (χ1n) is 13.2. The number of amides is 3. The van der Waals surface area contributed by atoms with Crippen LogP contribution < -0.4 is 10.6 Å². The van der Waals surface area contributed by atoms with E-state index in [1.807, 2.05) is 66.7 Å². The molecule has 0 aliphatic heterocycles. The van der Waals surface area contributed by atoms with Gasteiger partial charge in [0.1, 0.15) is 24.2 Å². The molecule has 2 N–H and O–H groups in total. The van der Waals surface area contributed by atoms with Crippen LogP contribution in [0, 0.1) is 19.8 Å².